The largest absolute Gasteiger partial charge is 0.346 e. The first kappa shape index (κ1) is 12.4. The van der Waals surface area contributed by atoms with Crippen molar-refractivity contribution >= 4 is 22.1 Å². The molecule has 2 N–H and O–H groups in total. The molecule has 0 atom stereocenters. The summed E-state index contributed by atoms with van der Waals surface area (Å²) in [6.45, 7) is 2.08. The Balaban J connectivity index is 0.000000226. The highest BCUT2D eigenvalue weighted by Crippen LogP contribution is 1.92. The number of benzene rings is 1. The minimum absolute atomic E-state index is 1.10. The van der Waals surface area contributed by atoms with Crippen molar-refractivity contribution in [1.29, 1.82) is 0 Å². The molecule has 0 aliphatic heterocycles. The van der Waals surface area contributed by atoms with Gasteiger partial charge in [-0.15, -0.1) is 4.24 Å². The maximum Gasteiger partial charge on any atom is 0.346 e. The van der Waals surface area contributed by atoms with Crippen molar-refractivity contribution in [3.05, 3.63) is 35.9 Å². The molecule has 0 aliphatic rings. The Morgan fingerprint density at radius 2 is 1.69 bits per heavy atom. The summed E-state index contributed by atoms with van der Waals surface area (Å²) in [5, 5.41) is 0. The summed E-state index contributed by atoms with van der Waals surface area (Å²) in [7, 11) is -4.15. The Labute approximate surface area is 82.5 Å². The molecule has 4 nitrogen and oxygen atoms in total. The summed E-state index contributed by atoms with van der Waals surface area (Å²) in [5.41, 5.74) is 1.32. The van der Waals surface area contributed by atoms with E-state index in [4.69, 9.17) is 4.55 Å². The van der Waals surface area contributed by atoms with E-state index in [2.05, 4.69) is 30.8 Å². The topological polar surface area (TPSA) is 66.4 Å². The van der Waals surface area contributed by atoms with Crippen molar-refractivity contribution in [3.63, 3.8) is 0 Å². The smallest absolute Gasteiger partial charge is 0.273 e. The molecule has 6 heteroatoms. The third kappa shape index (κ3) is 9.29. The molecule has 1 aromatic rings. The Kier molecular flexibility index (Phi) is 5.65. The van der Waals surface area contributed by atoms with Gasteiger partial charge in [-0.25, -0.2) is 0 Å². The van der Waals surface area contributed by atoms with Gasteiger partial charge in [0, 0.05) is 0 Å². The van der Waals surface area contributed by atoms with Crippen LogP contribution in [0.1, 0.15) is 5.56 Å². The van der Waals surface area contributed by atoms with Crippen molar-refractivity contribution in [3.8, 4) is 0 Å². The highest BCUT2D eigenvalue weighted by atomic mass is 35.5. The van der Waals surface area contributed by atoms with Gasteiger partial charge in [0.1, 0.15) is 0 Å². The van der Waals surface area contributed by atoms with Crippen LogP contribution in [0.25, 0.3) is 0 Å². The predicted octanol–water partition coefficient (Wildman–Crippen LogP) is 1.53. The summed E-state index contributed by atoms with van der Waals surface area (Å²) in [5.74, 6) is 0. The molecule has 0 fully saturated rings. The highest BCUT2D eigenvalue weighted by Gasteiger charge is 1.93. The fraction of sp³-hybridized carbons (Fsp3) is 0.143. The lowest BCUT2D eigenvalue weighted by Gasteiger charge is -1.82. The van der Waals surface area contributed by atoms with Crippen LogP contribution in [0.4, 0.5) is 0 Å². The van der Waals surface area contributed by atoms with Gasteiger partial charge in [0.25, 0.3) is 0 Å². The van der Waals surface area contributed by atoms with Crippen LogP contribution in [0.3, 0.4) is 0 Å². The summed E-state index contributed by atoms with van der Waals surface area (Å²) in [6.07, 6.45) is 0. The van der Waals surface area contributed by atoms with E-state index in [1.54, 1.807) is 0 Å². The summed E-state index contributed by atoms with van der Waals surface area (Å²) in [4.78, 5) is 0. The summed E-state index contributed by atoms with van der Waals surface area (Å²) < 4.78 is 27.3. The van der Waals surface area contributed by atoms with E-state index in [1.807, 2.05) is 18.2 Å². The van der Waals surface area contributed by atoms with Crippen LogP contribution in [-0.2, 0) is 10.3 Å². The van der Waals surface area contributed by atoms with Crippen LogP contribution in [0.15, 0.2) is 30.3 Å². The second-order valence-electron chi connectivity index (χ2n) is 2.21. The van der Waals surface area contributed by atoms with Gasteiger partial charge in [0.2, 0.25) is 0 Å². The average molecular weight is 224 g/mol. The third-order valence-electron chi connectivity index (χ3n) is 1.04. The number of nitrogens with one attached hydrogen (secondary N) is 1. The standard InChI is InChI=1S/C7H8.ClH2NO3S/c1-7-5-3-2-4-6-7;1-2-6(3,4)5/h2-6H,1H3;2H,(H,3,4,5). The van der Waals surface area contributed by atoms with Crippen LogP contribution < -0.4 is 4.24 Å². The Morgan fingerprint density at radius 1 is 1.31 bits per heavy atom. The van der Waals surface area contributed by atoms with Crippen molar-refractivity contribution in [2.24, 2.45) is 0 Å². The van der Waals surface area contributed by atoms with Gasteiger partial charge in [-0.1, -0.05) is 35.9 Å². The number of hydrogen-bond donors (Lipinski definition) is 2. The molecule has 0 saturated carbocycles. The van der Waals surface area contributed by atoms with Crippen molar-refractivity contribution in [1.82, 2.24) is 4.24 Å². The van der Waals surface area contributed by atoms with Gasteiger partial charge < -0.3 is 0 Å². The number of aryl methyl sites for hydroxylation is 1. The molecular weight excluding hydrogens is 214 g/mol. The molecule has 0 saturated heterocycles. The fourth-order valence-corrected chi connectivity index (χ4v) is 0.534. The molecule has 0 unspecified atom stereocenters. The highest BCUT2D eigenvalue weighted by molar-refractivity contribution is 7.84. The number of rotatable bonds is 1. The van der Waals surface area contributed by atoms with Gasteiger partial charge >= 0.3 is 10.3 Å². The van der Waals surface area contributed by atoms with E-state index in [0.29, 0.717) is 0 Å². The molecule has 0 spiro atoms. The van der Waals surface area contributed by atoms with Crippen molar-refractivity contribution in [2.75, 3.05) is 0 Å². The molecule has 0 aliphatic carbocycles. The third-order valence-corrected chi connectivity index (χ3v) is 1.82. The van der Waals surface area contributed by atoms with Gasteiger partial charge in [-0.2, -0.15) is 8.42 Å². The van der Waals surface area contributed by atoms with Crippen LogP contribution in [-0.4, -0.2) is 13.0 Å². The zero-order valence-electron chi connectivity index (χ0n) is 6.94. The van der Waals surface area contributed by atoms with Gasteiger partial charge in [0.05, 0.1) is 0 Å². The van der Waals surface area contributed by atoms with Gasteiger partial charge in [0.15, 0.2) is 0 Å². The Bertz CT molecular complexity index is 325. The van der Waals surface area contributed by atoms with Crippen molar-refractivity contribution in [2.45, 2.75) is 6.92 Å². The molecule has 1 rings (SSSR count). The van der Waals surface area contributed by atoms with Crippen LogP contribution in [0, 0.1) is 6.92 Å². The lowest BCUT2D eigenvalue weighted by molar-refractivity contribution is 0.480. The van der Waals surface area contributed by atoms with Gasteiger partial charge in [-0.05, 0) is 18.7 Å². The maximum atomic E-state index is 9.31. The van der Waals surface area contributed by atoms with E-state index in [1.165, 1.54) is 5.56 Å². The van der Waals surface area contributed by atoms with E-state index < -0.39 is 10.3 Å². The molecule has 0 heterocycles. The molecule has 0 amide bonds. The zero-order valence-corrected chi connectivity index (χ0v) is 8.51. The average Bonchev–Trinajstić information content (AvgIpc) is 2.06. The van der Waals surface area contributed by atoms with Crippen LogP contribution in [0.2, 0.25) is 0 Å². The van der Waals surface area contributed by atoms with E-state index >= 15 is 0 Å². The molecular formula is C7H10ClNO3S. The fourth-order valence-electron chi connectivity index (χ4n) is 0.534. The summed E-state index contributed by atoms with van der Waals surface area (Å²) >= 11 is 4.39. The number of hydrogen-bond acceptors (Lipinski definition) is 2. The molecule has 13 heavy (non-hydrogen) atoms. The lowest BCUT2D eigenvalue weighted by atomic mass is 10.2. The van der Waals surface area contributed by atoms with Crippen LogP contribution in [0.5, 0.6) is 0 Å². The quantitative estimate of drug-likeness (QED) is 0.561. The first-order valence-electron chi connectivity index (χ1n) is 3.32. The molecule has 74 valence electrons. The zero-order chi connectivity index (χ0) is 10.3. The van der Waals surface area contributed by atoms with E-state index in [-0.39, 0.29) is 0 Å². The minimum atomic E-state index is -4.15. The summed E-state index contributed by atoms with van der Waals surface area (Å²) in [6, 6.07) is 10.3. The van der Waals surface area contributed by atoms with Gasteiger partial charge in [-0.3, -0.25) is 4.55 Å². The first-order valence-corrected chi connectivity index (χ1v) is 5.14. The SMILES string of the molecule is Cc1ccccc1.O=S(=O)(O)NCl. The minimum Gasteiger partial charge on any atom is -0.273 e. The predicted molar refractivity (Wildman–Crippen MR) is 51.7 cm³/mol. The van der Waals surface area contributed by atoms with E-state index in [9.17, 15) is 8.42 Å². The lowest BCUT2D eigenvalue weighted by Crippen LogP contribution is -2.09. The second-order valence-corrected chi connectivity index (χ2v) is 3.77. The van der Waals surface area contributed by atoms with Crippen molar-refractivity contribution < 1.29 is 13.0 Å². The molecule has 0 bridgehead atoms. The molecule has 0 radical (unpaired) electrons. The first-order chi connectivity index (χ1) is 5.95. The second kappa shape index (κ2) is 5.93. The number of halogens is 1. The Morgan fingerprint density at radius 3 is 1.85 bits per heavy atom. The van der Waals surface area contributed by atoms with Crippen LogP contribution >= 0.6 is 11.8 Å². The molecule has 0 aromatic heterocycles. The van der Waals surface area contributed by atoms with E-state index in [0.717, 1.165) is 4.24 Å². The normalized spacial score (nSPS) is 10.1. The Hall–Kier alpha value is -0.620. The maximum absolute atomic E-state index is 9.31. The molecule has 1 aromatic carbocycles. The monoisotopic (exact) mass is 223 g/mol.